The van der Waals surface area contributed by atoms with Gasteiger partial charge in [0.1, 0.15) is 23.6 Å². The summed E-state index contributed by atoms with van der Waals surface area (Å²) in [4.78, 5) is 18.4. The highest BCUT2D eigenvalue weighted by atomic mass is 19.3. The van der Waals surface area contributed by atoms with Crippen LogP contribution in [0.4, 0.5) is 20.4 Å². The standard InChI is InChI=1S/C19H21F2N7/c20-19(21)8-14(19)13-10-24-18-16(13)17(25-11-26-18)23-9-12-2-1-3-15(27-12)28-6-4-22-5-7-28/h1-3,10-11,14,22H,4-9H2,(H2,23,24,25,26). The van der Waals surface area contributed by atoms with Gasteiger partial charge in [0.15, 0.2) is 0 Å². The quantitative estimate of drug-likeness (QED) is 0.626. The maximum Gasteiger partial charge on any atom is 0.256 e. The highest BCUT2D eigenvalue weighted by Gasteiger charge is 2.58. The lowest BCUT2D eigenvalue weighted by molar-refractivity contribution is 0.112. The van der Waals surface area contributed by atoms with Crippen molar-refractivity contribution in [3.05, 3.63) is 42.0 Å². The summed E-state index contributed by atoms with van der Waals surface area (Å²) in [6.07, 6.45) is 2.93. The molecule has 3 N–H and O–H groups in total. The van der Waals surface area contributed by atoms with Crippen LogP contribution in [0.5, 0.6) is 0 Å². The van der Waals surface area contributed by atoms with Gasteiger partial charge in [-0.2, -0.15) is 0 Å². The van der Waals surface area contributed by atoms with E-state index >= 15 is 0 Å². The molecule has 4 heterocycles. The first-order chi connectivity index (χ1) is 13.6. The first-order valence-corrected chi connectivity index (χ1v) is 9.47. The molecule has 3 aromatic heterocycles. The van der Waals surface area contributed by atoms with Gasteiger partial charge in [-0.3, -0.25) is 0 Å². The first-order valence-electron chi connectivity index (χ1n) is 9.47. The van der Waals surface area contributed by atoms with Crippen molar-refractivity contribution in [2.75, 3.05) is 36.4 Å². The van der Waals surface area contributed by atoms with Gasteiger partial charge in [-0.1, -0.05) is 6.07 Å². The lowest BCUT2D eigenvalue weighted by Crippen LogP contribution is -2.43. The SMILES string of the molecule is FC1(F)CC1c1c[nH]c2ncnc(NCc3cccc(N4CCNCC4)n3)c12. The second-order valence-electron chi connectivity index (χ2n) is 7.29. The third-order valence-corrected chi connectivity index (χ3v) is 5.37. The van der Waals surface area contributed by atoms with Gasteiger partial charge in [-0.05, 0) is 17.7 Å². The molecule has 146 valence electrons. The molecular weight excluding hydrogens is 364 g/mol. The average molecular weight is 385 g/mol. The van der Waals surface area contributed by atoms with Crippen molar-refractivity contribution in [1.29, 1.82) is 0 Å². The number of nitrogens with one attached hydrogen (secondary N) is 3. The van der Waals surface area contributed by atoms with Gasteiger partial charge in [0.05, 0.1) is 23.5 Å². The molecule has 0 amide bonds. The van der Waals surface area contributed by atoms with E-state index in [1.807, 2.05) is 18.2 Å². The molecule has 1 aliphatic carbocycles. The molecule has 1 atom stereocenters. The molecule has 1 saturated heterocycles. The van der Waals surface area contributed by atoms with Gasteiger partial charge in [-0.25, -0.2) is 23.7 Å². The number of hydrogen-bond donors (Lipinski definition) is 3. The maximum absolute atomic E-state index is 13.6. The van der Waals surface area contributed by atoms with E-state index in [0.717, 1.165) is 37.7 Å². The molecule has 1 unspecified atom stereocenters. The zero-order valence-corrected chi connectivity index (χ0v) is 15.3. The van der Waals surface area contributed by atoms with Gasteiger partial charge in [0, 0.05) is 38.8 Å². The van der Waals surface area contributed by atoms with Crippen molar-refractivity contribution in [3.8, 4) is 0 Å². The molecule has 0 aromatic carbocycles. The third-order valence-electron chi connectivity index (χ3n) is 5.37. The largest absolute Gasteiger partial charge is 0.364 e. The Labute approximate surface area is 160 Å². The lowest BCUT2D eigenvalue weighted by atomic mass is 10.1. The normalized spacial score (nSPS) is 21.1. The van der Waals surface area contributed by atoms with Crippen molar-refractivity contribution < 1.29 is 8.78 Å². The van der Waals surface area contributed by atoms with Crippen LogP contribution in [0, 0.1) is 0 Å². The Morgan fingerprint density at radius 3 is 2.82 bits per heavy atom. The van der Waals surface area contributed by atoms with Crippen LogP contribution in [0.15, 0.2) is 30.7 Å². The molecular formula is C19H21F2N7. The molecule has 0 radical (unpaired) electrons. The van der Waals surface area contributed by atoms with Gasteiger partial charge in [0.25, 0.3) is 5.92 Å². The van der Waals surface area contributed by atoms with Gasteiger partial charge in [0.2, 0.25) is 0 Å². The number of pyridine rings is 1. The van der Waals surface area contributed by atoms with Gasteiger partial charge < -0.3 is 20.5 Å². The second-order valence-corrected chi connectivity index (χ2v) is 7.29. The second kappa shape index (κ2) is 6.66. The molecule has 9 heteroatoms. The molecule has 0 bridgehead atoms. The smallest absolute Gasteiger partial charge is 0.256 e. The monoisotopic (exact) mass is 385 g/mol. The van der Waals surface area contributed by atoms with E-state index < -0.39 is 11.8 Å². The minimum absolute atomic E-state index is 0.122. The first kappa shape index (κ1) is 17.3. The minimum atomic E-state index is -2.64. The lowest BCUT2D eigenvalue weighted by Gasteiger charge is -2.28. The van der Waals surface area contributed by atoms with E-state index in [9.17, 15) is 8.78 Å². The van der Waals surface area contributed by atoms with Gasteiger partial charge >= 0.3 is 0 Å². The highest BCUT2D eigenvalue weighted by Crippen LogP contribution is 2.57. The van der Waals surface area contributed by atoms with Crippen LogP contribution in [0.2, 0.25) is 0 Å². The predicted molar refractivity (Wildman–Crippen MR) is 103 cm³/mol. The molecule has 1 aliphatic heterocycles. The maximum atomic E-state index is 13.6. The number of halogens is 2. The summed E-state index contributed by atoms with van der Waals surface area (Å²) in [6.45, 7) is 4.21. The summed E-state index contributed by atoms with van der Waals surface area (Å²) in [7, 11) is 0. The van der Waals surface area contributed by atoms with E-state index in [-0.39, 0.29) is 6.42 Å². The van der Waals surface area contributed by atoms with Crippen LogP contribution in [-0.4, -0.2) is 52.0 Å². The third kappa shape index (κ3) is 3.15. The Balaban J connectivity index is 1.37. The minimum Gasteiger partial charge on any atom is -0.364 e. The van der Waals surface area contributed by atoms with Gasteiger partial charge in [-0.15, -0.1) is 0 Å². The number of rotatable bonds is 5. The zero-order valence-electron chi connectivity index (χ0n) is 15.3. The number of piperazine rings is 1. The fraction of sp³-hybridized carbons (Fsp3) is 0.421. The Morgan fingerprint density at radius 1 is 1.21 bits per heavy atom. The summed E-state index contributed by atoms with van der Waals surface area (Å²) < 4.78 is 27.2. The average Bonchev–Trinajstić information content (AvgIpc) is 3.15. The van der Waals surface area contributed by atoms with E-state index in [4.69, 9.17) is 4.98 Å². The highest BCUT2D eigenvalue weighted by molar-refractivity contribution is 5.91. The van der Waals surface area contributed by atoms with Crippen LogP contribution in [0.25, 0.3) is 11.0 Å². The Morgan fingerprint density at radius 2 is 2.04 bits per heavy atom. The van der Waals surface area contributed by atoms with E-state index in [1.165, 1.54) is 6.33 Å². The van der Waals surface area contributed by atoms with E-state index in [0.29, 0.717) is 29.0 Å². The topological polar surface area (TPSA) is 81.8 Å². The fourth-order valence-electron chi connectivity index (χ4n) is 3.76. The van der Waals surface area contributed by atoms with Crippen LogP contribution in [0.3, 0.4) is 0 Å². The van der Waals surface area contributed by atoms with Crippen molar-refractivity contribution in [3.63, 3.8) is 0 Å². The fourth-order valence-corrected chi connectivity index (χ4v) is 3.76. The molecule has 2 aliphatic rings. The number of nitrogens with zero attached hydrogens (tertiary/aromatic N) is 4. The summed E-state index contributed by atoms with van der Waals surface area (Å²) in [5.74, 6) is -1.89. The van der Waals surface area contributed by atoms with Crippen molar-refractivity contribution in [2.45, 2.75) is 24.8 Å². The molecule has 5 rings (SSSR count). The van der Waals surface area contributed by atoms with Crippen LogP contribution in [-0.2, 0) is 6.54 Å². The van der Waals surface area contributed by atoms with E-state index in [1.54, 1.807) is 6.20 Å². The molecule has 0 spiro atoms. The number of fused-ring (bicyclic) bond motifs is 1. The van der Waals surface area contributed by atoms with E-state index in [2.05, 4.69) is 30.5 Å². The number of aromatic nitrogens is 4. The molecule has 28 heavy (non-hydrogen) atoms. The van der Waals surface area contributed by atoms with Crippen LogP contribution in [0.1, 0.15) is 23.6 Å². The number of aromatic amines is 1. The molecule has 2 fully saturated rings. The van der Waals surface area contributed by atoms with Crippen molar-refractivity contribution >= 4 is 22.7 Å². The summed E-state index contributed by atoms with van der Waals surface area (Å²) >= 11 is 0. The summed E-state index contributed by atoms with van der Waals surface area (Å²) in [5.41, 5.74) is 2.01. The van der Waals surface area contributed by atoms with Crippen molar-refractivity contribution in [1.82, 2.24) is 25.3 Å². The Bertz CT molecular complexity index is 997. The van der Waals surface area contributed by atoms with Crippen LogP contribution < -0.4 is 15.5 Å². The molecule has 7 nitrogen and oxygen atoms in total. The number of H-pyrrole nitrogens is 1. The number of anilines is 2. The summed E-state index contributed by atoms with van der Waals surface area (Å²) in [5, 5.41) is 7.24. The number of alkyl halides is 2. The molecule has 1 saturated carbocycles. The van der Waals surface area contributed by atoms with Crippen LogP contribution >= 0.6 is 0 Å². The number of hydrogen-bond acceptors (Lipinski definition) is 6. The Hall–Kier alpha value is -2.81. The molecule has 3 aromatic rings. The Kier molecular flexibility index (Phi) is 4.12. The van der Waals surface area contributed by atoms with Crippen molar-refractivity contribution in [2.24, 2.45) is 0 Å². The zero-order chi connectivity index (χ0) is 19.1. The predicted octanol–water partition coefficient (Wildman–Crippen LogP) is 2.50. The summed E-state index contributed by atoms with van der Waals surface area (Å²) in [6, 6.07) is 5.95.